The van der Waals surface area contributed by atoms with Gasteiger partial charge in [0, 0.05) is 45.6 Å². The van der Waals surface area contributed by atoms with Gasteiger partial charge in [0.05, 0.1) is 13.2 Å². The molecule has 0 unspecified atom stereocenters. The molecule has 0 aliphatic heterocycles. The Hall–Kier alpha value is -4.73. The van der Waals surface area contributed by atoms with Crippen molar-refractivity contribution in [2.45, 2.75) is 97.4 Å². The van der Waals surface area contributed by atoms with Crippen molar-refractivity contribution in [1.29, 1.82) is 0 Å². The number of ether oxygens (including phenoxy) is 1. The van der Waals surface area contributed by atoms with E-state index in [0.29, 0.717) is 11.3 Å². The Balaban J connectivity index is 3.11. The number of nitrogens with one attached hydrogen (secondary N) is 5. The summed E-state index contributed by atoms with van der Waals surface area (Å²) in [6.07, 6.45) is 0.446. The number of aliphatic hydroxyl groups is 1. The molecule has 0 aromatic heterocycles. The molecular formula is C34H55N7O9. The molecule has 0 fully saturated rings. The first-order valence-electron chi connectivity index (χ1n) is 16.8. The van der Waals surface area contributed by atoms with E-state index < -0.39 is 59.7 Å². The highest BCUT2D eigenvalue weighted by molar-refractivity contribution is 5.99. The zero-order chi connectivity index (χ0) is 37.8. The summed E-state index contributed by atoms with van der Waals surface area (Å²) in [5.41, 5.74) is 6.20. The number of benzene rings is 1. The highest BCUT2D eigenvalue weighted by atomic mass is 16.5. The molecule has 0 heterocycles. The van der Waals surface area contributed by atoms with Gasteiger partial charge in [-0.3, -0.25) is 28.8 Å². The Morgan fingerprint density at radius 2 is 1.44 bits per heavy atom. The number of carbonyl (C=O) groups excluding carboxylic acids is 7. The van der Waals surface area contributed by atoms with Crippen LogP contribution < -0.4 is 32.3 Å². The molecule has 50 heavy (non-hydrogen) atoms. The third-order valence-electron chi connectivity index (χ3n) is 7.41. The molecule has 16 nitrogen and oxygen atoms in total. The van der Waals surface area contributed by atoms with Crippen molar-refractivity contribution in [2.75, 3.05) is 32.6 Å². The number of primary amides is 1. The van der Waals surface area contributed by atoms with Crippen LogP contribution in [0.25, 0.3) is 0 Å². The first kappa shape index (κ1) is 43.3. The Labute approximate surface area is 294 Å². The van der Waals surface area contributed by atoms with Gasteiger partial charge in [0.2, 0.25) is 29.5 Å². The number of carbonyl (C=O) groups is 7. The van der Waals surface area contributed by atoms with Crippen LogP contribution in [0.1, 0.15) is 78.2 Å². The van der Waals surface area contributed by atoms with E-state index in [4.69, 9.17) is 10.5 Å². The summed E-state index contributed by atoms with van der Waals surface area (Å²) < 4.78 is 5.21. The predicted molar refractivity (Wildman–Crippen MR) is 186 cm³/mol. The number of amides is 7. The number of nitrogens with zero attached hydrogens (tertiary/aromatic N) is 1. The van der Waals surface area contributed by atoms with Crippen LogP contribution in [0, 0.1) is 11.8 Å². The SMILES string of the molecule is CC(C)COC(=O)CC[C@H](NC(=O)CCCC(=O)N(C)C)C(=O)N[C@H](C(=O)N[C@@H](CCCNC(N)=O)C(=O)Nc1ccc(CO)cc1)C(C)C. The molecular weight excluding hydrogens is 650 g/mol. The highest BCUT2D eigenvalue weighted by Gasteiger charge is 2.32. The lowest BCUT2D eigenvalue weighted by molar-refractivity contribution is -0.145. The number of rotatable bonds is 22. The molecule has 0 saturated heterocycles. The molecule has 0 saturated carbocycles. The quantitative estimate of drug-likeness (QED) is 0.0670. The van der Waals surface area contributed by atoms with Crippen LogP contribution in [0.3, 0.4) is 0 Å². The molecule has 0 aliphatic rings. The van der Waals surface area contributed by atoms with E-state index in [1.807, 2.05) is 13.8 Å². The van der Waals surface area contributed by atoms with E-state index in [1.54, 1.807) is 52.2 Å². The first-order chi connectivity index (χ1) is 23.5. The van der Waals surface area contributed by atoms with Gasteiger partial charge < -0.3 is 47.1 Å². The van der Waals surface area contributed by atoms with Crippen molar-refractivity contribution in [1.82, 2.24) is 26.2 Å². The Kier molecular flexibility index (Phi) is 19.8. The minimum atomic E-state index is -1.20. The van der Waals surface area contributed by atoms with Crippen LogP contribution in [-0.4, -0.2) is 96.9 Å². The normalized spacial score (nSPS) is 12.7. The third-order valence-corrected chi connectivity index (χ3v) is 7.41. The summed E-state index contributed by atoms with van der Waals surface area (Å²) in [5.74, 6) is -3.52. The van der Waals surface area contributed by atoms with Gasteiger partial charge in [-0.05, 0) is 55.2 Å². The maximum absolute atomic E-state index is 13.6. The second-order valence-electron chi connectivity index (χ2n) is 12.9. The van der Waals surface area contributed by atoms with Gasteiger partial charge in [0.1, 0.15) is 18.1 Å². The van der Waals surface area contributed by atoms with Crippen LogP contribution in [0.5, 0.6) is 0 Å². The number of urea groups is 1. The van der Waals surface area contributed by atoms with Gasteiger partial charge in [0.25, 0.3) is 0 Å². The fourth-order valence-electron chi connectivity index (χ4n) is 4.51. The van der Waals surface area contributed by atoms with Crippen LogP contribution in [0.15, 0.2) is 24.3 Å². The van der Waals surface area contributed by atoms with Gasteiger partial charge >= 0.3 is 12.0 Å². The molecule has 0 aliphatic carbocycles. The summed E-state index contributed by atoms with van der Waals surface area (Å²) >= 11 is 0. The summed E-state index contributed by atoms with van der Waals surface area (Å²) in [6.45, 7) is 7.31. The maximum Gasteiger partial charge on any atom is 0.312 e. The number of esters is 1. The average Bonchev–Trinajstić information content (AvgIpc) is 3.05. The maximum atomic E-state index is 13.6. The molecule has 3 atom stereocenters. The number of anilines is 1. The Bertz CT molecular complexity index is 1290. The van der Waals surface area contributed by atoms with Gasteiger partial charge in [-0.2, -0.15) is 0 Å². The second kappa shape index (κ2) is 22.8. The van der Waals surface area contributed by atoms with E-state index in [-0.39, 0.29) is 76.5 Å². The minimum Gasteiger partial charge on any atom is -0.465 e. The molecule has 0 spiro atoms. The second-order valence-corrected chi connectivity index (χ2v) is 12.9. The van der Waals surface area contributed by atoms with E-state index in [2.05, 4.69) is 26.6 Å². The summed E-state index contributed by atoms with van der Waals surface area (Å²) in [7, 11) is 3.21. The molecule has 16 heteroatoms. The molecule has 0 bridgehead atoms. The van der Waals surface area contributed by atoms with Gasteiger partial charge in [-0.25, -0.2) is 4.79 Å². The smallest absolute Gasteiger partial charge is 0.312 e. The van der Waals surface area contributed by atoms with Gasteiger partial charge in [0.15, 0.2) is 0 Å². The zero-order valence-corrected chi connectivity index (χ0v) is 30.0. The van der Waals surface area contributed by atoms with Gasteiger partial charge in [-0.1, -0.05) is 39.8 Å². The van der Waals surface area contributed by atoms with Crippen molar-refractivity contribution >= 4 is 47.2 Å². The zero-order valence-electron chi connectivity index (χ0n) is 30.0. The van der Waals surface area contributed by atoms with Crippen LogP contribution in [0.2, 0.25) is 0 Å². The van der Waals surface area contributed by atoms with Crippen molar-refractivity contribution in [3.63, 3.8) is 0 Å². The van der Waals surface area contributed by atoms with Crippen LogP contribution in [0.4, 0.5) is 10.5 Å². The molecule has 7 amide bonds. The van der Waals surface area contributed by atoms with Crippen molar-refractivity contribution in [3.8, 4) is 0 Å². The lowest BCUT2D eigenvalue weighted by atomic mass is 10.0. The monoisotopic (exact) mass is 705 g/mol. The molecule has 1 aromatic rings. The van der Waals surface area contributed by atoms with Crippen molar-refractivity contribution in [2.24, 2.45) is 17.6 Å². The largest absolute Gasteiger partial charge is 0.465 e. The fourth-order valence-corrected chi connectivity index (χ4v) is 4.51. The van der Waals surface area contributed by atoms with Gasteiger partial charge in [-0.15, -0.1) is 0 Å². The van der Waals surface area contributed by atoms with Crippen molar-refractivity contribution in [3.05, 3.63) is 29.8 Å². The van der Waals surface area contributed by atoms with E-state index in [9.17, 15) is 38.7 Å². The molecule has 0 radical (unpaired) electrons. The number of aliphatic hydroxyl groups excluding tert-OH is 1. The Morgan fingerprint density at radius 3 is 2.00 bits per heavy atom. The minimum absolute atomic E-state index is 0.0423. The lowest BCUT2D eigenvalue weighted by Gasteiger charge is -2.27. The van der Waals surface area contributed by atoms with E-state index in [0.717, 1.165) is 0 Å². The first-order valence-corrected chi connectivity index (χ1v) is 16.8. The molecule has 1 aromatic carbocycles. The highest BCUT2D eigenvalue weighted by Crippen LogP contribution is 2.13. The Morgan fingerprint density at radius 1 is 0.800 bits per heavy atom. The molecule has 280 valence electrons. The van der Waals surface area contributed by atoms with Crippen LogP contribution in [-0.2, 0) is 40.1 Å². The number of hydrogen-bond donors (Lipinski definition) is 7. The number of hydrogen-bond acceptors (Lipinski definition) is 9. The summed E-state index contributed by atoms with van der Waals surface area (Å²) in [5, 5.41) is 22.4. The topological polar surface area (TPSA) is 238 Å². The van der Waals surface area contributed by atoms with E-state index >= 15 is 0 Å². The summed E-state index contributed by atoms with van der Waals surface area (Å²) in [6, 6.07) is 2.30. The lowest BCUT2D eigenvalue weighted by Crippen LogP contribution is -2.57. The standard InChI is InChI=1S/C34H55N7O9/c1-21(2)20-50-29(45)17-16-26(38-27(43)10-7-11-28(44)41(5)6)32(47)40-30(22(3)4)33(48)39-25(9-8-18-36-34(35)49)31(46)37-24-14-12-23(19-42)13-15-24/h12-15,21-22,25-26,30,42H,7-11,16-20H2,1-6H3,(H,37,46)(H,38,43)(H,39,48)(H,40,47)(H3,35,36,49)/t25-,26-,30-/m0/s1. The van der Waals surface area contributed by atoms with Crippen molar-refractivity contribution < 1.29 is 43.4 Å². The summed E-state index contributed by atoms with van der Waals surface area (Å²) in [4.78, 5) is 90.1. The number of nitrogens with two attached hydrogens (primary N) is 1. The fraction of sp³-hybridized carbons (Fsp3) is 0.618. The molecule has 1 rings (SSSR count). The predicted octanol–water partition coefficient (Wildman–Crippen LogP) is 0.914. The third kappa shape index (κ3) is 17.6. The van der Waals surface area contributed by atoms with Crippen LogP contribution >= 0.6 is 0 Å². The van der Waals surface area contributed by atoms with E-state index in [1.165, 1.54) is 4.90 Å². The molecule has 8 N–H and O–H groups in total. The average molecular weight is 706 g/mol.